The maximum atomic E-state index is 12.9. The molecular formula is C21H18N4O4. The molecule has 8 heteroatoms. The van der Waals surface area contributed by atoms with Crippen LogP contribution in [0.5, 0.6) is 0 Å². The van der Waals surface area contributed by atoms with Gasteiger partial charge in [0.2, 0.25) is 0 Å². The number of aryl methyl sites for hydroxylation is 2. The lowest BCUT2D eigenvalue weighted by atomic mass is 10.1. The van der Waals surface area contributed by atoms with Crippen LogP contribution in [0.15, 0.2) is 70.3 Å². The molecule has 3 aromatic rings. The van der Waals surface area contributed by atoms with Gasteiger partial charge in [0.05, 0.1) is 5.69 Å². The normalized spacial score (nSPS) is 21.0. The number of para-hydroxylation sites is 1. The summed E-state index contributed by atoms with van der Waals surface area (Å²) < 4.78 is 11.3. The van der Waals surface area contributed by atoms with E-state index in [4.69, 9.17) is 14.1 Å². The predicted octanol–water partition coefficient (Wildman–Crippen LogP) is 3.16. The Morgan fingerprint density at radius 1 is 0.966 bits per heavy atom. The molecule has 1 saturated heterocycles. The second-order valence-corrected chi connectivity index (χ2v) is 6.78. The van der Waals surface area contributed by atoms with Crippen molar-refractivity contribution in [3.63, 3.8) is 0 Å². The molecule has 1 aromatic heterocycles. The van der Waals surface area contributed by atoms with Crippen LogP contribution in [0, 0.1) is 13.8 Å². The van der Waals surface area contributed by atoms with Gasteiger partial charge in [0, 0.05) is 5.56 Å². The molecule has 3 heterocycles. The van der Waals surface area contributed by atoms with E-state index in [0.717, 1.165) is 11.3 Å². The Morgan fingerprint density at radius 2 is 1.66 bits per heavy atom. The van der Waals surface area contributed by atoms with Gasteiger partial charge in [-0.2, -0.15) is 0 Å². The van der Waals surface area contributed by atoms with Crippen molar-refractivity contribution in [3.8, 4) is 0 Å². The molecule has 2 aliphatic heterocycles. The van der Waals surface area contributed by atoms with E-state index in [1.807, 2.05) is 60.7 Å². The summed E-state index contributed by atoms with van der Waals surface area (Å²) in [5.41, 5.74) is 2.66. The van der Waals surface area contributed by atoms with Crippen molar-refractivity contribution in [2.75, 3.05) is 16.4 Å². The molecule has 29 heavy (non-hydrogen) atoms. The van der Waals surface area contributed by atoms with Gasteiger partial charge in [0.25, 0.3) is 5.91 Å². The maximum absolute atomic E-state index is 12.9. The molecule has 1 amide bonds. The molecule has 1 fully saturated rings. The number of nitrogens with zero attached hydrogens (tertiary/aromatic N) is 4. The Labute approximate surface area is 166 Å². The highest BCUT2D eigenvalue weighted by atomic mass is 16.8. The lowest BCUT2D eigenvalue weighted by Gasteiger charge is -2.37. The van der Waals surface area contributed by atoms with Crippen molar-refractivity contribution in [1.82, 2.24) is 5.16 Å². The molecule has 0 aliphatic carbocycles. The van der Waals surface area contributed by atoms with Crippen LogP contribution in [0.2, 0.25) is 0 Å². The smallest absolute Gasteiger partial charge is 0.359 e. The average molecular weight is 390 g/mol. The molecule has 1 spiro atoms. The Morgan fingerprint density at radius 3 is 2.31 bits per heavy atom. The molecule has 0 saturated carbocycles. The Hall–Kier alpha value is -3.65. The predicted molar refractivity (Wildman–Crippen MR) is 105 cm³/mol. The molecule has 1 atom stereocenters. The molecule has 146 valence electrons. The highest BCUT2D eigenvalue weighted by molar-refractivity contribution is 6.13. The monoisotopic (exact) mass is 390 g/mol. The third-order valence-electron chi connectivity index (χ3n) is 4.93. The number of carbonyl (C=O) groups excluding carboxylic acids is 1. The number of carbonyl (C=O) groups is 1. The van der Waals surface area contributed by atoms with Gasteiger partial charge in [-0.3, -0.25) is 9.53 Å². The topological polar surface area (TPSA) is 80.4 Å². The molecule has 2 aromatic carbocycles. The van der Waals surface area contributed by atoms with Crippen LogP contribution in [0.4, 0.5) is 11.4 Å². The number of anilines is 2. The largest absolute Gasteiger partial charge is 0.422 e. The van der Waals surface area contributed by atoms with E-state index >= 15 is 0 Å². The first-order valence-corrected chi connectivity index (χ1v) is 9.18. The molecule has 1 unspecified atom stereocenters. The number of amidine groups is 1. The third kappa shape index (κ3) is 2.53. The third-order valence-corrected chi connectivity index (χ3v) is 4.93. The second-order valence-electron chi connectivity index (χ2n) is 6.78. The van der Waals surface area contributed by atoms with Crippen molar-refractivity contribution in [2.24, 2.45) is 5.16 Å². The summed E-state index contributed by atoms with van der Waals surface area (Å²) in [4.78, 5) is 22.0. The summed E-state index contributed by atoms with van der Waals surface area (Å²) in [5, 5.41) is 8.31. The molecule has 0 N–H and O–H groups in total. The quantitative estimate of drug-likeness (QED) is 0.683. The van der Waals surface area contributed by atoms with Crippen molar-refractivity contribution >= 4 is 23.1 Å². The molecule has 0 bridgehead atoms. The molecular weight excluding hydrogens is 372 g/mol. The minimum atomic E-state index is -1.61. The van der Waals surface area contributed by atoms with Gasteiger partial charge in [-0.05, 0) is 26.0 Å². The van der Waals surface area contributed by atoms with Crippen LogP contribution in [-0.4, -0.2) is 29.5 Å². The minimum absolute atomic E-state index is 0.162. The number of hydrogen-bond donors (Lipinski definition) is 0. The van der Waals surface area contributed by atoms with E-state index in [-0.39, 0.29) is 12.5 Å². The van der Waals surface area contributed by atoms with E-state index in [2.05, 4.69) is 10.3 Å². The number of amides is 1. The Bertz CT molecular complexity index is 1080. The van der Waals surface area contributed by atoms with E-state index in [1.54, 1.807) is 18.7 Å². The molecule has 2 aliphatic rings. The van der Waals surface area contributed by atoms with E-state index < -0.39 is 6.03 Å². The summed E-state index contributed by atoms with van der Waals surface area (Å²) in [6.07, 6.45) is 0. The van der Waals surface area contributed by atoms with Crippen LogP contribution < -0.4 is 9.80 Å². The van der Waals surface area contributed by atoms with Crippen molar-refractivity contribution < 1.29 is 18.9 Å². The summed E-state index contributed by atoms with van der Waals surface area (Å²) in [6.45, 7) is 3.35. The number of ether oxygens (including phenoxy) is 1. The second kappa shape index (κ2) is 6.46. The van der Waals surface area contributed by atoms with E-state index in [9.17, 15) is 4.79 Å². The fraction of sp³-hybridized carbons (Fsp3) is 0.190. The first-order chi connectivity index (χ1) is 14.1. The number of rotatable bonds is 3. The zero-order valence-electron chi connectivity index (χ0n) is 15.9. The van der Waals surface area contributed by atoms with Gasteiger partial charge in [-0.25, -0.2) is 9.80 Å². The molecule has 0 radical (unpaired) electrons. The SMILES string of the molecule is Cc1noc(C)c1N1C(=O)COC12ON=C(c1ccccc1)N2c1ccccc1. The van der Waals surface area contributed by atoms with Gasteiger partial charge in [0.1, 0.15) is 18.0 Å². The molecule has 8 nitrogen and oxygen atoms in total. The summed E-state index contributed by atoms with van der Waals surface area (Å²) in [7, 11) is 0. The summed E-state index contributed by atoms with van der Waals surface area (Å²) >= 11 is 0. The first-order valence-electron chi connectivity index (χ1n) is 9.18. The number of aromatic nitrogens is 1. The molecule has 5 rings (SSSR count). The average Bonchev–Trinajstić information content (AvgIpc) is 3.40. The number of oxime groups is 1. The summed E-state index contributed by atoms with van der Waals surface area (Å²) in [5.74, 6) is 0.749. The van der Waals surface area contributed by atoms with Crippen LogP contribution in [0.25, 0.3) is 0 Å². The van der Waals surface area contributed by atoms with Gasteiger partial charge in [-0.15, -0.1) is 0 Å². The zero-order chi connectivity index (χ0) is 20.0. The lowest BCUT2D eigenvalue weighted by Crippen LogP contribution is -2.60. The van der Waals surface area contributed by atoms with Crippen LogP contribution in [0.3, 0.4) is 0 Å². The van der Waals surface area contributed by atoms with Crippen molar-refractivity contribution in [3.05, 3.63) is 77.7 Å². The Balaban J connectivity index is 1.70. The van der Waals surface area contributed by atoms with Gasteiger partial charge in [0.15, 0.2) is 11.6 Å². The fourth-order valence-corrected chi connectivity index (χ4v) is 3.69. The number of benzene rings is 2. The van der Waals surface area contributed by atoms with Crippen molar-refractivity contribution in [1.29, 1.82) is 0 Å². The fourth-order valence-electron chi connectivity index (χ4n) is 3.69. The Kier molecular flexibility index (Phi) is 3.88. The van der Waals surface area contributed by atoms with Gasteiger partial charge >= 0.3 is 6.03 Å². The summed E-state index contributed by atoms with van der Waals surface area (Å²) in [6, 6.07) is 17.5. The maximum Gasteiger partial charge on any atom is 0.422 e. The van der Waals surface area contributed by atoms with Gasteiger partial charge < -0.3 is 9.36 Å². The minimum Gasteiger partial charge on any atom is -0.359 e. The van der Waals surface area contributed by atoms with Crippen LogP contribution in [0.1, 0.15) is 17.0 Å². The number of hydrogen-bond acceptors (Lipinski definition) is 7. The van der Waals surface area contributed by atoms with Gasteiger partial charge in [-0.1, -0.05) is 58.8 Å². The van der Waals surface area contributed by atoms with Crippen molar-refractivity contribution in [2.45, 2.75) is 19.9 Å². The van der Waals surface area contributed by atoms with E-state index in [0.29, 0.717) is 23.0 Å². The standard InChI is InChI=1S/C21H18N4O4/c1-14-19(15(2)28-22-14)25-18(26)13-27-21(25)24(17-11-7-4-8-12-17)20(23-29-21)16-9-5-3-6-10-16/h3-12H,13H2,1-2H3. The highest BCUT2D eigenvalue weighted by Crippen LogP contribution is 2.43. The van der Waals surface area contributed by atoms with Crippen LogP contribution in [-0.2, 0) is 14.4 Å². The highest BCUT2D eigenvalue weighted by Gasteiger charge is 2.62. The van der Waals surface area contributed by atoms with Crippen LogP contribution >= 0.6 is 0 Å². The lowest BCUT2D eigenvalue weighted by molar-refractivity contribution is -0.188. The van der Waals surface area contributed by atoms with E-state index in [1.165, 1.54) is 4.90 Å². The first kappa shape index (κ1) is 17.4. The zero-order valence-corrected chi connectivity index (χ0v) is 15.9.